The second kappa shape index (κ2) is 5.18. The average Bonchev–Trinajstić information content (AvgIpc) is 2.85. The highest BCUT2D eigenvalue weighted by Gasteiger charge is 2.25. The molecule has 0 aliphatic carbocycles. The van der Waals surface area contributed by atoms with Crippen LogP contribution in [0.25, 0.3) is 0 Å². The Bertz CT molecular complexity index is 697. The first-order valence-corrected chi connectivity index (χ1v) is 6.52. The number of rotatable bonds is 3. The Labute approximate surface area is 121 Å². The summed E-state index contributed by atoms with van der Waals surface area (Å²) in [5.41, 5.74) is 2.04. The van der Waals surface area contributed by atoms with E-state index in [1.807, 2.05) is 0 Å². The summed E-state index contributed by atoms with van der Waals surface area (Å²) in [7, 11) is 1.56. The molecule has 4 nitrogen and oxygen atoms in total. The number of hydrogen-bond donors (Lipinski definition) is 2. The molecule has 3 rings (SSSR count). The van der Waals surface area contributed by atoms with Crippen molar-refractivity contribution in [3.8, 4) is 5.75 Å². The van der Waals surface area contributed by atoms with Gasteiger partial charge in [0.05, 0.1) is 19.2 Å². The number of fused-ring (bicyclic) bond motifs is 1. The Kier molecular flexibility index (Phi) is 3.35. The van der Waals surface area contributed by atoms with E-state index in [1.54, 1.807) is 31.4 Å². The van der Waals surface area contributed by atoms with E-state index in [-0.39, 0.29) is 12.3 Å². The first-order chi connectivity index (χ1) is 10.1. The van der Waals surface area contributed by atoms with Gasteiger partial charge in [0.15, 0.2) is 0 Å². The Morgan fingerprint density at radius 1 is 1.29 bits per heavy atom. The molecule has 2 aromatic rings. The molecular weight excluding hydrogens is 273 g/mol. The fourth-order valence-electron chi connectivity index (χ4n) is 2.52. The number of methoxy groups -OCH3 is 1. The molecule has 1 unspecified atom stereocenters. The summed E-state index contributed by atoms with van der Waals surface area (Å²) in [4.78, 5) is 11.5. The SMILES string of the molecule is COc1ccc(C(O)c2cc(F)cc3c2NC(=O)C3)cc1. The minimum atomic E-state index is -1.02. The van der Waals surface area contributed by atoms with Crippen LogP contribution < -0.4 is 10.1 Å². The first-order valence-electron chi connectivity index (χ1n) is 6.52. The van der Waals surface area contributed by atoms with Crippen LogP contribution in [-0.4, -0.2) is 18.1 Å². The molecule has 0 radical (unpaired) electrons. The lowest BCUT2D eigenvalue weighted by atomic mass is 9.97. The molecule has 1 heterocycles. The summed E-state index contributed by atoms with van der Waals surface area (Å²) in [5, 5.41) is 13.1. The third kappa shape index (κ3) is 2.48. The second-order valence-electron chi connectivity index (χ2n) is 4.93. The van der Waals surface area contributed by atoms with Gasteiger partial charge in [0.2, 0.25) is 5.91 Å². The van der Waals surface area contributed by atoms with Gasteiger partial charge in [0, 0.05) is 5.56 Å². The summed E-state index contributed by atoms with van der Waals surface area (Å²) in [6.07, 6.45) is -0.881. The van der Waals surface area contributed by atoms with Gasteiger partial charge in [0.1, 0.15) is 17.7 Å². The number of benzene rings is 2. The van der Waals surface area contributed by atoms with Crippen molar-refractivity contribution in [2.75, 3.05) is 12.4 Å². The van der Waals surface area contributed by atoms with E-state index in [1.165, 1.54) is 12.1 Å². The fourth-order valence-corrected chi connectivity index (χ4v) is 2.52. The molecule has 108 valence electrons. The minimum Gasteiger partial charge on any atom is -0.497 e. The minimum absolute atomic E-state index is 0.134. The predicted octanol–water partition coefficient (Wildman–Crippen LogP) is 2.41. The lowest BCUT2D eigenvalue weighted by Gasteiger charge is -2.16. The topological polar surface area (TPSA) is 58.6 Å². The lowest BCUT2D eigenvalue weighted by molar-refractivity contribution is -0.115. The number of halogens is 1. The van der Waals surface area contributed by atoms with Crippen LogP contribution in [0.3, 0.4) is 0 Å². The number of anilines is 1. The molecule has 0 aromatic heterocycles. The molecular formula is C16H14FNO3. The summed E-state index contributed by atoms with van der Waals surface area (Å²) in [6.45, 7) is 0. The van der Waals surface area contributed by atoms with Gasteiger partial charge in [-0.25, -0.2) is 4.39 Å². The van der Waals surface area contributed by atoms with E-state index >= 15 is 0 Å². The third-order valence-electron chi connectivity index (χ3n) is 3.56. The maximum absolute atomic E-state index is 13.7. The van der Waals surface area contributed by atoms with Crippen molar-refractivity contribution in [2.24, 2.45) is 0 Å². The van der Waals surface area contributed by atoms with Crippen molar-refractivity contribution in [1.29, 1.82) is 0 Å². The molecule has 1 amide bonds. The normalized spacial score (nSPS) is 14.5. The predicted molar refractivity (Wildman–Crippen MR) is 75.8 cm³/mol. The molecule has 1 aliphatic heterocycles. The molecule has 1 aliphatic rings. The number of carbonyl (C=O) groups excluding carboxylic acids is 1. The van der Waals surface area contributed by atoms with Gasteiger partial charge < -0.3 is 15.2 Å². The molecule has 0 saturated heterocycles. The van der Waals surface area contributed by atoms with Crippen LogP contribution in [0.5, 0.6) is 5.75 Å². The van der Waals surface area contributed by atoms with Crippen molar-refractivity contribution in [1.82, 2.24) is 0 Å². The van der Waals surface area contributed by atoms with Crippen molar-refractivity contribution in [3.05, 3.63) is 58.9 Å². The molecule has 0 spiro atoms. The van der Waals surface area contributed by atoms with Crippen LogP contribution in [0.15, 0.2) is 36.4 Å². The van der Waals surface area contributed by atoms with E-state index in [0.717, 1.165) is 0 Å². The number of hydrogen-bond acceptors (Lipinski definition) is 3. The van der Waals surface area contributed by atoms with Crippen LogP contribution in [0.2, 0.25) is 0 Å². The summed E-state index contributed by atoms with van der Waals surface area (Å²) in [6, 6.07) is 9.42. The van der Waals surface area contributed by atoms with Crippen molar-refractivity contribution >= 4 is 11.6 Å². The second-order valence-corrected chi connectivity index (χ2v) is 4.93. The van der Waals surface area contributed by atoms with E-state index in [9.17, 15) is 14.3 Å². The van der Waals surface area contributed by atoms with Gasteiger partial charge in [-0.05, 0) is 35.4 Å². The summed E-state index contributed by atoms with van der Waals surface area (Å²) >= 11 is 0. The van der Waals surface area contributed by atoms with E-state index in [0.29, 0.717) is 28.1 Å². The molecule has 0 saturated carbocycles. The average molecular weight is 287 g/mol. The van der Waals surface area contributed by atoms with E-state index < -0.39 is 11.9 Å². The first kappa shape index (κ1) is 13.6. The molecule has 21 heavy (non-hydrogen) atoms. The number of ether oxygens (including phenoxy) is 1. The fraction of sp³-hybridized carbons (Fsp3) is 0.188. The largest absolute Gasteiger partial charge is 0.497 e. The molecule has 2 N–H and O–H groups in total. The van der Waals surface area contributed by atoms with Gasteiger partial charge in [-0.15, -0.1) is 0 Å². The summed E-state index contributed by atoms with van der Waals surface area (Å²) in [5.74, 6) is 0.00955. The van der Waals surface area contributed by atoms with Crippen LogP contribution in [-0.2, 0) is 11.2 Å². The molecule has 0 fully saturated rings. The number of carbonyl (C=O) groups is 1. The Balaban J connectivity index is 2.01. The quantitative estimate of drug-likeness (QED) is 0.911. The Morgan fingerprint density at radius 3 is 2.67 bits per heavy atom. The molecule has 2 aromatic carbocycles. The highest BCUT2D eigenvalue weighted by atomic mass is 19.1. The zero-order valence-electron chi connectivity index (χ0n) is 11.4. The summed E-state index contributed by atoms with van der Waals surface area (Å²) < 4.78 is 18.7. The zero-order chi connectivity index (χ0) is 15.0. The highest BCUT2D eigenvalue weighted by Crippen LogP contribution is 2.35. The molecule has 0 bridgehead atoms. The van der Waals surface area contributed by atoms with Gasteiger partial charge in [-0.2, -0.15) is 0 Å². The monoisotopic (exact) mass is 287 g/mol. The van der Waals surface area contributed by atoms with Gasteiger partial charge in [0.25, 0.3) is 0 Å². The van der Waals surface area contributed by atoms with Crippen LogP contribution in [0.1, 0.15) is 22.8 Å². The highest BCUT2D eigenvalue weighted by molar-refractivity contribution is 6.00. The van der Waals surface area contributed by atoms with Crippen LogP contribution in [0, 0.1) is 5.82 Å². The Hall–Kier alpha value is -2.40. The van der Waals surface area contributed by atoms with E-state index in [4.69, 9.17) is 4.74 Å². The number of amides is 1. The van der Waals surface area contributed by atoms with Crippen molar-refractivity contribution < 1.29 is 19.0 Å². The van der Waals surface area contributed by atoms with Crippen LogP contribution in [0.4, 0.5) is 10.1 Å². The maximum atomic E-state index is 13.7. The van der Waals surface area contributed by atoms with E-state index in [2.05, 4.69) is 5.32 Å². The number of nitrogens with one attached hydrogen (secondary N) is 1. The smallest absolute Gasteiger partial charge is 0.228 e. The standard InChI is InChI=1S/C16H14FNO3/c1-21-12-4-2-9(3-5-12)16(20)13-8-11(17)6-10-7-14(19)18-15(10)13/h2-6,8,16,20H,7H2,1H3,(H,18,19). The third-order valence-corrected chi connectivity index (χ3v) is 3.56. The van der Waals surface area contributed by atoms with Crippen molar-refractivity contribution in [3.63, 3.8) is 0 Å². The van der Waals surface area contributed by atoms with Gasteiger partial charge >= 0.3 is 0 Å². The van der Waals surface area contributed by atoms with Crippen molar-refractivity contribution in [2.45, 2.75) is 12.5 Å². The molecule has 1 atom stereocenters. The number of aliphatic hydroxyl groups is 1. The lowest BCUT2D eigenvalue weighted by Crippen LogP contribution is -2.08. The molecule has 5 heteroatoms. The van der Waals surface area contributed by atoms with Gasteiger partial charge in [-0.3, -0.25) is 4.79 Å². The zero-order valence-corrected chi connectivity index (χ0v) is 11.4. The van der Waals surface area contributed by atoms with Crippen LogP contribution >= 0.6 is 0 Å². The Morgan fingerprint density at radius 2 is 2.00 bits per heavy atom. The van der Waals surface area contributed by atoms with Gasteiger partial charge in [-0.1, -0.05) is 12.1 Å². The maximum Gasteiger partial charge on any atom is 0.228 e. The number of aliphatic hydroxyl groups excluding tert-OH is 1.